The first kappa shape index (κ1) is 15.3. The van der Waals surface area contributed by atoms with Crippen LogP contribution in [0.2, 0.25) is 0 Å². The van der Waals surface area contributed by atoms with Gasteiger partial charge in [-0.3, -0.25) is 14.7 Å². The Morgan fingerprint density at radius 2 is 2.26 bits per heavy atom. The molecular weight excluding hydrogens is 292 g/mol. The number of amides is 2. The van der Waals surface area contributed by atoms with Gasteiger partial charge in [0, 0.05) is 43.4 Å². The summed E-state index contributed by atoms with van der Waals surface area (Å²) in [5, 5.41) is 9.60. The monoisotopic (exact) mass is 312 g/mol. The molecule has 0 spiro atoms. The molecule has 0 aliphatic carbocycles. The Morgan fingerprint density at radius 3 is 3.00 bits per heavy atom. The predicted molar refractivity (Wildman–Crippen MR) is 86.8 cm³/mol. The molecule has 2 heterocycles. The molecule has 0 unspecified atom stereocenters. The van der Waals surface area contributed by atoms with Crippen LogP contribution in [0.1, 0.15) is 29.6 Å². The maximum Gasteiger partial charge on any atom is 0.251 e. The number of H-pyrrole nitrogens is 1. The van der Waals surface area contributed by atoms with Crippen molar-refractivity contribution >= 4 is 11.8 Å². The minimum Gasteiger partial charge on any atom is -0.352 e. The zero-order valence-electron chi connectivity index (χ0n) is 12.9. The Bertz CT molecular complexity index is 682. The van der Waals surface area contributed by atoms with Gasteiger partial charge in [0.2, 0.25) is 5.91 Å². The van der Waals surface area contributed by atoms with Crippen LogP contribution in [-0.4, -0.2) is 46.5 Å². The number of nitrogens with zero attached hydrogens (tertiary/aromatic N) is 2. The van der Waals surface area contributed by atoms with E-state index in [0.717, 1.165) is 30.5 Å². The third-order valence-electron chi connectivity index (χ3n) is 4.02. The lowest BCUT2D eigenvalue weighted by molar-refractivity contribution is -0.127. The average molecular weight is 312 g/mol. The second kappa shape index (κ2) is 7.09. The topological polar surface area (TPSA) is 78.1 Å². The summed E-state index contributed by atoms with van der Waals surface area (Å²) in [6.45, 7) is 2.13. The fourth-order valence-electron chi connectivity index (χ4n) is 2.76. The fraction of sp³-hybridized carbons (Fsp3) is 0.353. The molecule has 2 aromatic rings. The SMILES string of the molecule is O=C(NCCCN1CCCC1=O)c1cccc(-c2cn[nH]c2)c1. The van der Waals surface area contributed by atoms with Crippen LogP contribution in [0.25, 0.3) is 11.1 Å². The van der Waals surface area contributed by atoms with Crippen LogP contribution < -0.4 is 5.32 Å². The first-order chi connectivity index (χ1) is 11.2. The second-order valence-corrected chi connectivity index (χ2v) is 5.66. The van der Waals surface area contributed by atoms with Crippen molar-refractivity contribution in [2.24, 2.45) is 0 Å². The summed E-state index contributed by atoms with van der Waals surface area (Å²) in [6, 6.07) is 7.45. The van der Waals surface area contributed by atoms with Crippen molar-refractivity contribution in [1.29, 1.82) is 0 Å². The smallest absolute Gasteiger partial charge is 0.251 e. The molecule has 0 saturated carbocycles. The first-order valence-electron chi connectivity index (χ1n) is 7.89. The number of hydrogen-bond donors (Lipinski definition) is 2. The lowest BCUT2D eigenvalue weighted by Gasteiger charge is -2.15. The molecule has 1 aromatic carbocycles. The van der Waals surface area contributed by atoms with E-state index in [1.165, 1.54) is 0 Å². The molecule has 1 aliphatic heterocycles. The minimum absolute atomic E-state index is 0.0944. The van der Waals surface area contributed by atoms with E-state index in [1.54, 1.807) is 18.5 Å². The third kappa shape index (κ3) is 3.77. The molecule has 2 amide bonds. The number of aromatic amines is 1. The van der Waals surface area contributed by atoms with Gasteiger partial charge in [0.15, 0.2) is 0 Å². The van der Waals surface area contributed by atoms with Crippen molar-refractivity contribution in [3.63, 3.8) is 0 Å². The second-order valence-electron chi connectivity index (χ2n) is 5.66. The highest BCUT2D eigenvalue weighted by molar-refractivity contribution is 5.95. The average Bonchev–Trinajstić information content (AvgIpc) is 3.23. The van der Waals surface area contributed by atoms with Crippen molar-refractivity contribution in [1.82, 2.24) is 20.4 Å². The quantitative estimate of drug-likeness (QED) is 0.799. The van der Waals surface area contributed by atoms with Crippen LogP contribution in [0.15, 0.2) is 36.7 Å². The van der Waals surface area contributed by atoms with Gasteiger partial charge in [-0.25, -0.2) is 0 Å². The number of carbonyl (C=O) groups is 2. The highest BCUT2D eigenvalue weighted by atomic mass is 16.2. The van der Waals surface area contributed by atoms with Crippen molar-refractivity contribution in [2.75, 3.05) is 19.6 Å². The molecule has 1 aliphatic rings. The maximum atomic E-state index is 12.2. The maximum absolute atomic E-state index is 12.2. The Hall–Kier alpha value is -2.63. The standard InChI is InChI=1S/C17H20N4O2/c22-16-6-2-8-21(16)9-3-7-18-17(23)14-5-1-4-13(10-14)15-11-19-20-12-15/h1,4-5,10-12H,2-3,6-9H2,(H,18,23)(H,19,20). The molecule has 0 radical (unpaired) electrons. The van der Waals surface area contributed by atoms with Crippen molar-refractivity contribution in [3.05, 3.63) is 42.2 Å². The molecule has 1 saturated heterocycles. The number of benzene rings is 1. The van der Waals surface area contributed by atoms with Gasteiger partial charge >= 0.3 is 0 Å². The molecule has 0 atom stereocenters. The summed E-state index contributed by atoms with van der Waals surface area (Å²) in [4.78, 5) is 25.6. The molecule has 1 aromatic heterocycles. The number of rotatable bonds is 6. The van der Waals surface area contributed by atoms with Gasteiger partial charge in [0.1, 0.15) is 0 Å². The van der Waals surface area contributed by atoms with Gasteiger partial charge < -0.3 is 10.2 Å². The molecule has 2 N–H and O–H groups in total. The lowest BCUT2D eigenvalue weighted by atomic mass is 10.1. The molecule has 120 valence electrons. The zero-order valence-corrected chi connectivity index (χ0v) is 12.9. The highest BCUT2D eigenvalue weighted by Crippen LogP contribution is 2.18. The molecular formula is C17H20N4O2. The van der Waals surface area contributed by atoms with Crippen molar-refractivity contribution in [2.45, 2.75) is 19.3 Å². The first-order valence-corrected chi connectivity index (χ1v) is 7.89. The highest BCUT2D eigenvalue weighted by Gasteiger charge is 2.19. The Balaban J connectivity index is 1.50. The van der Waals surface area contributed by atoms with Crippen LogP contribution in [0.5, 0.6) is 0 Å². The van der Waals surface area contributed by atoms with E-state index in [9.17, 15) is 9.59 Å². The van der Waals surface area contributed by atoms with Crippen LogP contribution in [0.3, 0.4) is 0 Å². The van der Waals surface area contributed by atoms with Crippen LogP contribution in [0.4, 0.5) is 0 Å². The van der Waals surface area contributed by atoms with Gasteiger partial charge in [-0.1, -0.05) is 12.1 Å². The van der Waals surface area contributed by atoms with Crippen LogP contribution >= 0.6 is 0 Å². The number of nitrogens with one attached hydrogen (secondary N) is 2. The summed E-state index contributed by atoms with van der Waals surface area (Å²) in [6.07, 6.45) is 5.91. The largest absolute Gasteiger partial charge is 0.352 e. The van der Waals surface area contributed by atoms with E-state index in [-0.39, 0.29) is 11.8 Å². The third-order valence-corrected chi connectivity index (χ3v) is 4.02. The van der Waals surface area contributed by atoms with E-state index in [2.05, 4.69) is 15.5 Å². The summed E-state index contributed by atoms with van der Waals surface area (Å²) in [5.74, 6) is 0.132. The van der Waals surface area contributed by atoms with Gasteiger partial charge in [0.25, 0.3) is 5.91 Å². The Kier molecular flexibility index (Phi) is 4.71. The summed E-state index contributed by atoms with van der Waals surface area (Å²) in [7, 11) is 0. The lowest BCUT2D eigenvalue weighted by Crippen LogP contribution is -2.30. The van der Waals surface area contributed by atoms with Gasteiger partial charge in [-0.2, -0.15) is 5.10 Å². The van der Waals surface area contributed by atoms with Gasteiger partial charge in [-0.15, -0.1) is 0 Å². The molecule has 23 heavy (non-hydrogen) atoms. The molecule has 3 rings (SSSR count). The summed E-state index contributed by atoms with van der Waals surface area (Å²) in [5.41, 5.74) is 2.53. The molecule has 1 fully saturated rings. The number of aromatic nitrogens is 2. The van der Waals surface area contributed by atoms with Gasteiger partial charge in [-0.05, 0) is 30.5 Å². The molecule has 6 nitrogen and oxygen atoms in total. The van der Waals surface area contributed by atoms with Crippen LogP contribution in [-0.2, 0) is 4.79 Å². The number of carbonyl (C=O) groups excluding carboxylic acids is 2. The van der Waals surface area contributed by atoms with E-state index < -0.39 is 0 Å². The summed E-state index contributed by atoms with van der Waals surface area (Å²) >= 11 is 0. The van der Waals surface area contributed by atoms with Crippen LogP contribution in [0, 0.1) is 0 Å². The van der Waals surface area contributed by atoms with Gasteiger partial charge in [0.05, 0.1) is 6.20 Å². The van der Waals surface area contributed by atoms with E-state index >= 15 is 0 Å². The normalized spacial score (nSPS) is 14.3. The van der Waals surface area contributed by atoms with Crippen molar-refractivity contribution in [3.8, 4) is 11.1 Å². The number of likely N-dealkylation sites (tertiary alicyclic amines) is 1. The predicted octanol–water partition coefficient (Wildman–Crippen LogP) is 1.82. The van der Waals surface area contributed by atoms with Crippen molar-refractivity contribution < 1.29 is 9.59 Å². The minimum atomic E-state index is -0.0944. The van der Waals surface area contributed by atoms with E-state index in [4.69, 9.17) is 0 Å². The molecule has 6 heteroatoms. The number of hydrogen-bond acceptors (Lipinski definition) is 3. The van der Waals surface area contributed by atoms with E-state index in [1.807, 2.05) is 23.1 Å². The van der Waals surface area contributed by atoms with E-state index in [0.29, 0.717) is 25.1 Å². The Morgan fingerprint density at radius 1 is 1.35 bits per heavy atom. The summed E-state index contributed by atoms with van der Waals surface area (Å²) < 4.78 is 0. The molecule has 0 bridgehead atoms. The Labute approximate surface area is 134 Å². The zero-order chi connectivity index (χ0) is 16.1. The fourth-order valence-corrected chi connectivity index (χ4v) is 2.76.